The van der Waals surface area contributed by atoms with E-state index in [1.807, 2.05) is 42.5 Å². The van der Waals surface area contributed by atoms with Gasteiger partial charge in [-0.1, -0.05) is 49.4 Å². The van der Waals surface area contributed by atoms with Crippen molar-refractivity contribution in [3.63, 3.8) is 0 Å². The highest BCUT2D eigenvalue weighted by Crippen LogP contribution is 2.32. The number of ether oxygens (including phenoxy) is 2. The third-order valence-electron chi connectivity index (χ3n) is 7.07. The van der Waals surface area contributed by atoms with Crippen LogP contribution >= 0.6 is 0 Å². The summed E-state index contributed by atoms with van der Waals surface area (Å²) < 4.78 is 16.7. The van der Waals surface area contributed by atoms with Crippen LogP contribution in [-0.4, -0.2) is 48.2 Å². The van der Waals surface area contributed by atoms with Gasteiger partial charge < -0.3 is 29.8 Å². The topological polar surface area (TPSA) is 118 Å². The lowest BCUT2D eigenvalue weighted by Crippen LogP contribution is -2.34. The number of carbonyl (C=O) groups excluding carboxylic acids is 2. The van der Waals surface area contributed by atoms with Crippen molar-refractivity contribution in [3.05, 3.63) is 96.5 Å². The minimum atomic E-state index is -0.491. The lowest BCUT2D eigenvalue weighted by atomic mass is 10.1. The fraction of sp³-hybridized carbons (Fsp3) is 0.281. The van der Waals surface area contributed by atoms with E-state index >= 15 is 0 Å². The Labute approximate surface area is 245 Å². The van der Waals surface area contributed by atoms with Gasteiger partial charge in [0.1, 0.15) is 11.9 Å². The molecule has 3 N–H and O–H groups in total. The van der Waals surface area contributed by atoms with E-state index in [4.69, 9.17) is 13.9 Å². The summed E-state index contributed by atoms with van der Waals surface area (Å²) in [7, 11) is 1.55. The molecule has 4 aromatic rings. The summed E-state index contributed by atoms with van der Waals surface area (Å²) in [6.45, 7) is 3.95. The number of methoxy groups -OCH3 is 1. The van der Waals surface area contributed by atoms with Gasteiger partial charge in [-0.15, -0.1) is 0 Å². The number of benzene rings is 3. The number of likely N-dealkylation sites (N-methyl/N-ethyl adjacent to an activating group) is 1. The van der Waals surface area contributed by atoms with E-state index in [9.17, 15) is 9.59 Å². The summed E-state index contributed by atoms with van der Waals surface area (Å²) in [5.74, 6) is 1.10. The van der Waals surface area contributed by atoms with Crippen LogP contribution in [0.2, 0.25) is 0 Å². The van der Waals surface area contributed by atoms with Crippen LogP contribution in [0.1, 0.15) is 37.0 Å². The fourth-order valence-electron chi connectivity index (χ4n) is 4.79. The van der Waals surface area contributed by atoms with Crippen LogP contribution in [0.3, 0.4) is 0 Å². The quantitative estimate of drug-likeness (QED) is 0.180. The minimum Gasteiger partial charge on any atom is -0.496 e. The number of aromatic nitrogens is 1. The van der Waals surface area contributed by atoms with Crippen LogP contribution in [0.15, 0.2) is 89.8 Å². The average Bonchev–Trinajstić information content (AvgIpc) is 3.71. The van der Waals surface area contributed by atoms with Gasteiger partial charge in [-0.3, -0.25) is 4.90 Å². The number of amides is 3. The summed E-state index contributed by atoms with van der Waals surface area (Å²) in [5.41, 5.74) is 3.63. The molecule has 1 saturated carbocycles. The zero-order chi connectivity index (χ0) is 29.3. The highest BCUT2D eigenvalue weighted by molar-refractivity contribution is 6.00. The molecule has 1 heterocycles. The summed E-state index contributed by atoms with van der Waals surface area (Å²) in [6, 6.07) is 22.5. The molecule has 1 unspecified atom stereocenters. The maximum absolute atomic E-state index is 12.8. The number of rotatable bonds is 12. The van der Waals surface area contributed by atoms with Crippen molar-refractivity contribution in [2.45, 2.75) is 38.5 Å². The number of anilines is 2. The Morgan fingerprint density at radius 2 is 1.81 bits per heavy atom. The molecule has 1 atom stereocenters. The SMILES string of the molecule is CCN(CC(OC(=O)NCc1cccc(NC(=O)Nc2ccc(-c3cnco3)c(OC)c2)c1)c1ccccc1)C1CC1. The number of hydrogen-bond donors (Lipinski definition) is 3. The van der Waals surface area contributed by atoms with Crippen LogP contribution < -0.4 is 20.7 Å². The predicted octanol–water partition coefficient (Wildman–Crippen LogP) is 6.45. The fourth-order valence-corrected chi connectivity index (χ4v) is 4.79. The summed E-state index contributed by atoms with van der Waals surface area (Å²) in [5, 5.41) is 8.49. The molecule has 3 aromatic carbocycles. The molecular formula is C32H35N5O5. The van der Waals surface area contributed by atoms with Gasteiger partial charge >= 0.3 is 12.1 Å². The van der Waals surface area contributed by atoms with Gasteiger partial charge in [-0.05, 0) is 54.8 Å². The van der Waals surface area contributed by atoms with E-state index in [1.54, 1.807) is 43.6 Å². The number of carbonyl (C=O) groups is 2. The van der Waals surface area contributed by atoms with Gasteiger partial charge in [0.2, 0.25) is 0 Å². The van der Waals surface area contributed by atoms with E-state index in [0.29, 0.717) is 35.5 Å². The molecule has 3 amide bonds. The van der Waals surface area contributed by atoms with E-state index in [-0.39, 0.29) is 12.6 Å². The van der Waals surface area contributed by atoms with E-state index in [2.05, 4.69) is 32.8 Å². The predicted molar refractivity (Wildman–Crippen MR) is 160 cm³/mol. The number of nitrogens with zero attached hydrogens (tertiary/aromatic N) is 2. The van der Waals surface area contributed by atoms with Crippen molar-refractivity contribution in [2.75, 3.05) is 30.8 Å². The molecule has 1 aliphatic carbocycles. The first-order chi connectivity index (χ1) is 20.5. The van der Waals surface area contributed by atoms with Gasteiger partial charge in [-0.2, -0.15) is 0 Å². The van der Waals surface area contributed by atoms with Gasteiger partial charge in [0.05, 0.1) is 18.9 Å². The lowest BCUT2D eigenvalue weighted by molar-refractivity contribution is 0.0681. The largest absolute Gasteiger partial charge is 0.496 e. The molecule has 0 radical (unpaired) electrons. The van der Waals surface area contributed by atoms with Crippen LogP contribution in [0.5, 0.6) is 5.75 Å². The third kappa shape index (κ3) is 7.67. The summed E-state index contributed by atoms with van der Waals surface area (Å²) in [4.78, 5) is 31.8. The first-order valence-electron chi connectivity index (χ1n) is 14.0. The van der Waals surface area contributed by atoms with Crippen molar-refractivity contribution >= 4 is 23.5 Å². The Balaban J connectivity index is 1.15. The molecule has 0 bridgehead atoms. The summed E-state index contributed by atoms with van der Waals surface area (Å²) in [6.07, 6.45) is 4.46. The Morgan fingerprint density at radius 3 is 2.50 bits per heavy atom. The number of nitrogens with one attached hydrogen (secondary N) is 3. The molecule has 0 saturated heterocycles. The lowest BCUT2D eigenvalue weighted by Gasteiger charge is -2.26. The monoisotopic (exact) mass is 569 g/mol. The maximum Gasteiger partial charge on any atom is 0.408 e. The molecule has 0 spiro atoms. The zero-order valence-electron chi connectivity index (χ0n) is 23.7. The molecule has 1 fully saturated rings. The normalized spacial score (nSPS) is 13.3. The molecule has 1 aliphatic rings. The Morgan fingerprint density at radius 1 is 1.02 bits per heavy atom. The molecule has 5 rings (SSSR count). The zero-order valence-corrected chi connectivity index (χ0v) is 23.7. The van der Waals surface area contributed by atoms with Gasteiger partial charge in [0.15, 0.2) is 12.2 Å². The van der Waals surface area contributed by atoms with Gasteiger partial charge in [0, 0.05) is 36.6 Å². The number of hydrogen-bond acceptors (Lipinski definition) is 7. The van der Waals surface area contributed by atoms with Crippen molar-refractivity contribution in [1.82, 2.24) is 15.2 Å². The minimum absolute atomic E-state index is 0.248. The highest BCUT2D eigenvalue weighted by Gasteiger charge is 2.31. The van der Waals surface area contributed by atoms with E-state index in [0.717, 1.165) is 23.2 Å². The van der Waals surface area contributed by atoms with E-state index in [1.165, 1.54) is 19.2 Å². The van der Waals surface area contributed by atoms with Gasteiger partial charge in [0.25, 0.3) is 0 Å². The molecule has 42 heavy (non-hydrogen) atoms. The Bertz CT molecular complexity index is 1470. The van der Waals surface area contributed by atoms with Crippen molar-refractivity contribution < 1.29 is 23.5 Å². The second kappa shape index (κ2) is 13.7. The molecular weight excluding hydrogens is 534 g/mol. The average molecular weight is 570 g/mol. The molecule has 10 heteroatoms. The van der Waals surface area contributed by atoms with Crippen LogP contribution in [0.25, 0.3) is 11.3 Å². The van der Waals surface area contributed by atoms with Crippen molar-refractivity contribution in [2.24, 2.45) is 0 Å². The second-order valence-electron chi connectivity index (χ2n) is 10.0. The first-order valence-corrected chi connectivity index (χ1v) is 14.0. The highest BCUT2D eigenvalue weighted by atomic mass is 16.6. The third-order valence-corrected chi connectivity index (χ3v) is 7.07. The van der Waals surface area contributed by atoms with Crippen LogP contribution in [0, 0.1) is 0 Å². The molecule has 10 nitrogen and oxygen atoms in total. The Hall–Kier alpha value is -4.83. The van der Waals surface area contributed by atoms with Crippen molar-refractivity contribution in [3.8, 4) is 17.1 Å². The van der Waals surface area contributed by atoms with Crippen LogP contribution in [-0.2, 0) is 11.3 Å². The van der Waals surface area contributed by atoms with Crippen LogP contribution in [0.4, 0.5) is 21.0 Å². The number of urea groups is 1. The number of oxazole rings is 1. The van der Waals surface area contributed by atoms with Gasteiger partial charge in [-0.25, -0.2) is 14.6 Å². The smallest absolute Gasteiger partial charge is 0.408 e. The van der Waals surface area contributed by atoms with E-state index < -0.39 is 12.1 Å². The number of alkyl carbamates (subject to hydrolysis) is 1. The molecule has 1 aromatic heterocycles. The molecule has 218 valence electrons. The van der Waals surface area contributed by atoms with Crippen molar-refractivity contribution in [1.29, 1.82) is 0 Å². The standard InChI is InChI=1S/C32H35N5O5/c1-3-37(26-13-14-26)20-30(23-9-5-4-6-10-23)42-32(39)34-18-22-8-7-11-24(16-22)35-31(38)36-25-12-15-27(28(17-25)40-2)29-19-33-21-41-29/h4-12,15-17,19,21,26,30H,3,13-14,18,20H2,1-2H3,(H,34,39)(H2,35,36,38). The second-order valence-corrected chi connectivity index (χ2v) is 10.0. The summed E-state index contributed by atoms with van der Waals surface area (Å²) >= 11 is 0. The maximum atomic E-state index is 12.8. The Kier molecular flexibility index (Phi) is 9.35. The first kappa shape index (κ1) is 28.7. The molecule has 0 aliphatic heterocycles.